The molecule has 8 nitrogen and oxygen atoms in total. The van der Waals surface area contributed by atoms with Crippen molar-refractivity contribution in [2.24, 2.45) is 0 Å². The van der Waals surface area contributed by atoms with Gasteiger partial charge in [-0.1, -0.05) is 24.3 Å². The minimum Gasteiger partial charge on any atom is -0.497 e. The number of para-hydroxylation sites is 2. The lowest BCUT2D eigenvalue weighted by atomic mass is 10.2. The van der Waals surface area contributed by atoms with E-state index in [1.165, 1.54) is 12.1 Å². The Labute approximate surface area is 180 Å². The molecule has 0 unspecified atom stereocenters. The Kier molecular flexibility index (Phi) is 5.35. The molecule has 0 saturated carbocycles. The third kappa shape index (κ3) is 4.36. The van der Waals surface area contributed by atoms with E-state index in [9.17, 15) is 8.42 Å². The number of hydrogen-bond donors (Lipinski definition) is 3. The number of methoxy groups -OCH3 is 1. The van der Waals surface area contributed by atoms with Crippen LogP contribution in [-0.2, 0) is 10.0 Å². The van der Waals surface area contributed by atoms with Gasteiger partial charge in [-0.05, 0) is 48.9 Å². The van der Waals surface area contributed by atoms with E-state index in [0.717, 1.165) is 5.56 Å². The quantitative estimate of drug-likeness (QED) is 0.391. The minimum atomic E-state index is -3.94. The molecule has 0 aliphatic heterocycles. The molecule has 0 fully saturated rings. The number of aromatic nitrogens is 2. The number of anilines is 4. The number of fused-ring (bicyclic) bond motifs is 1. The van der Waals surface area contributed by atoms with Crippen LogP contribution >= 0.6 is 0 Å². The topological polar surface area (TPSA) is 119 Å². The molecule has 0 saturated heterocycles. The molecule has 31 heavy (non-hydrogen) atoms. The van der Waals surface area contributed by atoms with Gasteiger partial charge in [-0.3, -0.25) is 4.72 Å². The van der Waals surface area contributed by atoms with Gasteiger partial charge in [0.15, 0.2) is 11.6 Å². The number of aryl methyl sites for hydroxylation is 1. The molecule has 0 aliphatic carbocycles. The van der Waals surface area contributed by atoms with Crippen LogP contribution in [0.1, 0.15) is 5.56 Å². The molecule has 0 aliphatic rings. The number of sulfonamides is 1. The summed E-state index contributed by atoms with van der Waals surface area (Å²) in [5, 5.41) is 3.19. The highest BCUT2D eigenvalue weighted by atomic mass is 32.2. The van der Waals surface area contributed by atoms with Crippen LogP contribution in [0.5, 0.6) is 5.75 Å². The first-order valence-electron chi connectivity index (χ1n) is 9.42. The van der Waals surface area contributed by atoms with Gasteiger partial charge in [-0.2, -0.15) is 0 Å². The maximum Gasteiger partial charge on any atom is 0.263 e. The first kappa shape index (κ1) is 20.4. The summed E-state index contributed by atoms with van der Waals surface area (Å²) in [6.07, 6.45) is 0. The van der Waals surface area contributed by atoms with Crippen LogP contribution in [-0.4, -0.2) is 25.5 Å². The van der Waals surface area contributed by atoms with Crippen molar-refractivity contribution in [2.75, 3.05) is 22.9 Å². The fraction of sp³-hybridized carbons (Fsp3) is 0.0909. The summed E-state index contributed by atoms with van der Waals surface area (Å²) >= 11 is 0. The van der Waals surface area contributed by atoms with Gasteiger partial charge in [0.2, 0.25) is 0 Å². The van der Waals surface area contributed by atoms with Gasteiger partial charge in [0, 0.05) is 17.4 Å². The number of hydrogen-bond acceptors (Lipinski definition) is 7. The molecule has 0 spiro atoms. The Morgan fingerprint density at radius 3 is 2.29 bits per heavy atom. The average molecular weight is 436 g/mol. The predicted octanol–water partition coefficient (Wildman–Crippen LogP) is 4.07. The molecule has 4 aromatic rings. The van der Waals surface area contributed by atoms with E-state index in [0.29, 0.717) is 28.2 Å². The fourth-order valence-corrected chi connectivity index (χ4v) is 4.08. The van der Waals surface area contributed by atoms with Crippen molar-refractivity contribution in [3.63, 3.8) is 0 Å². The van der Waals surface area contributed by atoms with Crippen LogP contribution in [0.3, 0.4) is 0 Å². The van der Waals surface area contributed by atoms with Crippen molar-refractivity contribution < 1.29 is 13.2 Å². The standard InChI is InChI=1S/C22H21N5O3S/c1-14-10-11-16(30-2)13-20(14)26-21-22(25-19-9-4-3-8-18(19)24-21)27-31(28,29)17-7-5-6-15(23)12-17/h3-13H,23H2,1-2H3,(H,24,26)(H,25,27). The molecular formula is C22H21N5O3S. The van der Waals surface area contributed by atoms with E-state index >= 15 is 0 Å². The summed E-state index contributed by atoms with van der Waals surface area (Å²) in [5.74, 6) is 0.995. The van der Waals surface area contributed by atoms with Crippen molar-refractivity contribution in [2.45, 2.75) is 11.8 Å². The third-order valence-electron chi connectivity index (χ3n) is 4.67. The smallest absolute Gasteiger partial charge is 0.263 e. The Morgan fingerprint density at radius 1 is 0.903 bits per heavy atom. The second-order valence-corrected chi connectivity index (χ2v) is 8.58. The Balaban J connectivity index is 1.80. The minimum absolute atomic E-state index is 0.0333. The number of nitrogens with two attached hydrogens (primary N) is 1. The lowest BCUT2D eigenvalue weighted by molar-refractivity contribution is 0.415. The fourth-order valence-electron chi connectivity index (χ4n) is 3.02. The van der Waals surface area contributed by atoms with Crippen LogP contribution in [0.15, 0.2) is 71.6 Å². The molecule has 0 amide bonds. The van der Waals surface area contributed by atoms with E-state index < -0.39 is 10.0 Å². The zero-order valence-electron chi connectivity index (χ0n) is 17.0. The Morgan fingerprint density at radius 2 is 1.61 bits per heavy atom. The molecule has 4 rings (SSSR count). The second kappa shape index (κ2) is 8.11. The van der Waals surface area contributed by atoms with Crippen molar-refractivity contribution in [3.05, 3.63) is 72.3 Å². The molecule has 3 aromatic carbocycles. The van der Waals surface area contributed by atoms with E-state index in [2.05, 4.69) is 20.0 Å². The maximum atomic E-state index is 13.0. The van der Waals surface area contributed by atoms with Gasteiger partial charge in [-0.15, -0.1) is 0 Å². The molecule has 158 valence electrons. The first-order valence-corrected chi connectivity index (χ1v) is 10.9. The predicted molar refractivity (Wildman–Crippen MR) is 122 cm³/mol. The highest BCUT2D eigenvalue weighted by molar-refractivity contribution is 7.92. The highest BCUT2D eigenvalue weighted by Gasteiger charge is 2.19. The molecule has 1 heterocycles. The number of ether oxygens (including phenoxy) is 1. The van der Waals surface area contributed by atoms with Gasteiger partial charge in [-0.25, -0.2) is 18.4 Å². The van der Waals surface area contributed by atoms with Crippen molar-refractivity contribution in [1.82, 2.24) is 9.97 Å². The van der Waals surface area contributed by atoms with Gasteiger partial charge in [0.25, 0.3) is 10.0 Å². The first-order chi connectivity index (χ1) is 14.9. The molecule has 0 atom stereocenters. The van der Waals surface area contributed by atoms with Gasteiger partial charge < -0.3 is 15.8 Å². The van der Waals surface area contributed by atoms with E-state index in [1.54, 1.807) is 25.3 Å². The zero-order chi connectivity index (χ0) is 22.0. The van der Waals surface area contributed by atoms with Gasteiger partial charge in [0.05, 0.1) is 23.0 Å². The van der Waals surface area contributed by atoms with Crippen LogP contribution in [0.2, 0.25) is 0 Å². The zero-order valence-corrected chi connectivity index (χ0v) is 17.8. The van der Waals surface area contributed by atoms with E-state index in [-0.39, 0.29) is 16.5 Å². The Hall–Kier alpha value is -3.85. The summed E-state index contributed by atoms with van der Waals surface area (Å²) in [6, 6.07) is 18.8. The average Bonchev–Trinajstić information content (AvgIpc) is 2.75. The molecule has 0 radical (unpaired) electrons. The monoisotopic (exact) mass is 435 g/mol. The molecule has 9 heteroatoms. The number of rotatable bonds is 6. The molecule has 0 bridgehead atoms. The molecular weight excluding hydrogens is 414 g/mol. The largest absolute Gasteiger partial charge is 0.497 e. The Bertz CT molecular complexity index is 1370. The molecule has 4 N–H and O–H groups in total. The van der Waals surface area contributed by atoms with Gasteiger partial charge >= 0.3 is 0 Å². The summed E-state index contributed by atoms with van der Waals surface area (Å²) in [6.45, 7) is 1.92. The van der Waals surface area contributed by atoms with E-state index in [1.807, 2.05) is 43.3 Å². The van der Waals surface area contributed by atoms with Crippen LogP contribution in [0.4, 0.5) is 23.0 Å². The van der Waals surface area contributed by atoms with Crippen LogP contribution < -0.4 is 20.5 Å². The van der Waals surface area contributed by atoms with Crippen molar-refractivity contribution in [3.8, 4) is 5.75 Å². The third-order valence-corrected chi connectivity index (χ3v) is 6.00. The lowest BCUT2D eigenvalue weighted by Gasteiger charge is -2.15. The summed E-state index contributed by atoms with van der Waals surface area (Å²) < 4.78 is 33.8. The van der Waals surface area contributed by atoms with Gasteiger partial charge in [0.1, 0.15) is 5.75 Å². The summed E-state index contributed by atoms with van der Waals surface area (Å²) in [5.41, 5.74) is 8.93. The van der Waals surface area contributed by atoms with Crippen LogP contribution in [0.25, 0.3) is 11.0 Å². The number of nitrogens with zero attached hydrogens (tertiary/aromatic N) is 2. The van der Waals surface area contributed by atoms with E-state index in [4.69, 9.17) is 10.5 Å². The van der Waals surface area contributed by atoms with Crippen LogP contribution in [0, 0.1) is 6.92 Å². The lowest BCUT2D eigenvalue weighted by Crippen LogP contribution is -2.16. The number of benzene rings is 3. The summed E-state index contributed by atoms with van der Waals surface area (Å²) in [7, 11) is -2.36. The maximum absolute atomic E-state index is 13.0. The number of nitrogen functional groups attached to an aromatic ring is 1. The highest BCUT2D eigenvalue weighted by Crippen LogP contribution is 2.30. The molecule has 1 aromatic heterocycles. The SMILES string of the molecule is COc1ccc(C)c(Nc2nc3ccccc3nc2NS(=O)(=O)c2cccc(N)c2)c1. The summed E-state index contributed by atoms with van der Waals surface area (Å²) in [4.78, 5) is 9.13. The second-order valence-electron chi connectivity index (χ2n) is 6.89. The number of nitrogens with one attached hydrogen (secondary N) is 2. The van der Waals surface area contributed by atoms with Crippen molar-refractivity contribution in [1.29, 1.82) is 0 Å². The normalized spacial score (nSPS) is 11.3. The van der Waals surface area contributed by atoms with Crippen molar-refractivity contribution >= 4 is 44.1 Å².